The van der Waals surface area contributed by atoms with Crippen molar-refractivity contribution in [2.75, 3.05) is 12.1 Å². The third kappa shape index (κ3) is 3.55. The predicted octanol–water partition coefficient (Wildman–Crippen LogP) is 2.82. The van der Waals surface area contributed by atoms with E-state index in [1.807, 2.05) is 50.2 Å². The van der Waals surface area contributed by atoms with Crippen molar-refractivity contribution < 1.29 is 14.3 Å². The van der Waals surface area contributed by atoms with Gasteiger partial charge in [-0.05, 0) is 54.8 Å². The summed E-state index contributed by atoms with van der Waals surface area (Å²) in [5.74, 6) is 1.44. The topological polar surface area (TPSA) is 101 Å². The van der Waals surface area contributed by atoms with Gasteiger partial charge in [0, 0.05) is 12.2 Å². The number of anilines is 2. The average Bonchev–Trinajstić information content (AvgIpc) is 3.31. The molecule has 1 aliphatic heterocycles. The van der Waals surface area contributed by atoms with Crippen molar-refractivity contribution in [2.24, 2.45) is 0 Å². The van der Waals surface area contributed by atoms with Crippen LogP contribution < -0.4 is 20.1 Å². The van der Waals surface area contributed by atoms with E-state index < -0.39 is 0 Å². The third-order valence-corrected chi connectivity index (χ3v) is 4.42. The highest BCUT2D eigenvalue weighted by Crippen LogP contribution is 2.32. The Balaban J connectivity index is 1.43. The van der Waals surface area contributed by atoms with E-state index in [1.54, 1.807) is 0 Å². The number of H-pyrrole nitrogens is 1. The summed E-state index contributed by atoms with van der Waals surface area (Å²) in [7, 11) is 0. The molecule has 0 bridgehead atoms. The fourth-order valence-electron chi connectivity index (χ4n) is 2.75. The van der Waals surface area contributed by atoms with Crippen LogP contribution in [0.4, 0.5) is 11.5 Å². The number of fused-ring (bicyclic) bond motifs is 1. The minimum Gasteiger partial charge on any atom is -0.454 e. The van der Waals surface area contributed by atoms with Gasteiger partial charge in [0.15, 0.2) is 23.0 Å². The molecule has 0 aliphatic carbocycles. The number of hydrogen-bond acceptors (Lipinski definition) is 6. The summed E-state index contributed by atoms with van der Waals surface area (Å²) in [6.07, 6.45) is 0. The molecule has 8 heteroatoms. The van der Waals surface area contributed by atoms with Gasteiger partial charge in [-0.3, -0.25) is 4.79 Å². The van der Waals surface area contributed by atoms with Crippen LogP contribution in [0, 0.1) is 13.8 Å². The Morgan fingerprint density at radius 3 is 2.78 bits per heavy atom. The van der Waals surface area contributed by atoms with Crippen molar-refractivity contribution in [3.8, 4) is 11.5 Å². The molecule has 1 aliphatic rings. The van der Waals surface area contributed by atoms with E-state index >= 15 is 0 Å². The van der Waals surface area contributed by atoms with E-state index in [0.29, 0.717) is 23.9 Å². The van der Waals surface area contributed by atoms with Crippen LogP contribution in [0.25, 0.3) is 0 Å². The maximum absolute atomic E-state index is 12.5. The normalized spacial score (nSPS) is 12.1. The van der Waals surface area contributed by atoms with Gasteiger partial charge in [-0.2, -0.15) is 5.21 Å². The van der Waals surface area contributed by atoms with Gasteiger partial charge in [-0.25, -0.2) is 0 Å². The number of benzene rings is 2. The zero-order chi connectivity index (χ0) is 18.8. The Morgan fingerprint density at radius 2 is 1.93 bits per heavy atom. The van der Waals surface area contributed by atoms with Gasteiger partial charge in [-0.15, -0.1) is 10.2 Å². The molecule has 3 N–H and O–H groups in total. The first-order valence-electron chi connectivity index (χ1n) is 8.52. The maximum Gasteiger partial charge on any atom is 0.275 e. The molecule has 2 aromatic carbocycles. The molecule has 0 atom stereocenters. The second-order valence-electron chi connectivity index (χ2n) is 6.32. The van der Waals surface area contributed by atoms with Crippen molar-refractivity contribution >= 4 is 17.4 Å². The second kappa shape index (κ2) is 6.99. The number of hydrogen-bond donors (Lipinski definition) is 3. The molecule has 0 saturated carbocycles. The highest BCUT2D eigenvalue weighted by molar-refractivity contribution is 5.97. The quantitative estimate of drug-likeness (QED) is 0.643. The Labute approximate surface area is 155 Å². The highest BCUT2D eigenvalue weighted by atomic mass is 16.7. The predicted molar refractivity (Wildman–Crippen MR) is 99.3 cm³/mol. The number of ether oxygens (including phenoxy) is 2. The van der Waals surface area contributed by atoms with Crippen LogP contribution in [0.3, 0.4) is 0 Å². The van der Waals surface area contributed by atoms with E-state index in [4.69, 9.17) is 9.47 Å². The summed E-state index contributed by atoms with van der Waals surface area (Å²) in [5.41, 5.74) is 4.30. The lowest BCUT2D eigenvalue weighted by Crippen LogP contribution is -2.24. The maximum atomic E-state index is 12.5. The van der Waals surface area contributed by atoms with Crippen molar-refractivity contribution in [3.63, 3.8) is 0 Å². The SMILES string of the molecule is Cc1ccc(Nc2n[nH]nc2C(=O)NCc2ccc3c(c2)OCO3)cc1C. The molecule has 1 aromatic heterocycles. The van der Waals surface area contributed by atoms with E-state index in [0.717, 1.165) is 16.8 Å². The lowest BCUT2D eigenvalue weighted by atomic mass is 10.1. The number of aromatic amines is 1. The summed E-state index contributed by atoms with van der Waals surface area (Å²) < 4.78 is 10.6. The molecule has 0 spiro atoms. The molecule has 0 radical (unpaired) electrons. The molecule has 0 fully saturated rings. The molecule has 0 unspecified atom stereocenters. The molecule has 138 valence electrons. The van der Waals surface area contributed by atoms with E-state index in [-0.39, 0.29) is 18.4 Å². The first-order chi connectivity index (χ1) is 13.1. The van der Waals surface area contributed by atoms with E-state index in [9.17, 15) is 4.79 Å². The fraction of sp³-hybridized carbons (Fsp3) is 0.211. The highest BCUT2D eigenvalue weighted by Gasteiger charge is 2.18. The Hall–Kier alpha value is -3.55. The van der Waals surface area contributed by atoms with Gasteiger partial charge >= 0.3 is 0 Å². The number of carbonyl (C=O) groups is 1. The first-order valence-corrected chi connectivity index (χ1v) is 8.52. The fourth-order valence-corrected chi connectivity index (χ4v) is 2.75. The standard InChI is InChI=1S/C19H19N5O3/c1-11-3-5-14(7-12(11)2)21-18-17(22-24-23-18)19(25)20-9-13-4-6-15-16(8-13)27-10-26-15/h3-8H,9-10H2,1-2H3,(H,20,25)(H2,21,22,23,24). The number of carbonyl (C=O) groups excluding carboxylic acids is 1. The van der Waals surface area contributed by atoms with Crippen LogP contribution in [0.2, 0.25) is 0 Å². The Morgan fingerprint density at radius 1 is 1.07 bits per heavy atom. The smallest absolute Gasteiger partial charge is 0.275 e. The molecular formula is C19H19N5O3. The molecule has 2 heterocycles. The van der Waals surface area contributed by atoms with Crippen LogP contribution in [0.1, 0.15) is 27.2 Å². The van der Waals surface area contributed by atoms with Crippen LogP contribution in [-0.4, -0.2) is 28.1 Å². The van der Waals surface area contributed by atoms with Crippen molar-refractivity contribution in [1.82, 2.24) is 20.7 Å². The summed E-state index contributed by atoms with van der Waals surface area (Å²) in [6, 6.07) is 11.5. The van der Waals surface area contributed by atoms with Crippen LogP contribution >= 0.6 is 0 Å². The molecular weight excluding hydrogens is 346 g/mol. The summed E-state index contributed by atoms with van der Waals surface area (Å²) in [6.45, 7) is 4.63. The van der Waals surface area contributed by atoms with Gasteiger partial charge in [0.05, 0.1) is 0 Å². The lowest BCUT2D eigenvalue weighted by Gasteiger charge is -2.08. The van der Waals surface area contributed by atoms with Crippen molar-refractivity contribution in [3.05, 3.63) is 58.8 Å². The average molecular weight is 365 g/mol. The monoisotopic (exact) mass is 365 g/mol. The van der Waals surface area contributed by atoms with Crippen LogP contribution in [0.5, 0.6) is 11.5 Å². The Bertz CT molecular complexity index is 999. The first kappa shape index (κ1) is 16.9. The second-order valence-corrected chi connectivity index (χ2v) is 6.32. The zero-order valence-electron chi connectivity index (χ0n) is 15.0. The molecule has 3 aromatic rings. The van der Waals surface area contributed by atoms with Gasteiger partial charge in [0.25, 0.3) is 5.91 Å². The van der Waals surface area contributed by atoms with Crippen molar-refractivity contribution in [1.29, 1.82) is 0 Å². The lowest BCUT2D eigenvalue weighted by molar-refractivity contribution is 0.0946. The number of aryl methyl sites for hydroxylation is 2. The largest absolute Gasteiger partial charge is 0.454 e. The minimum atomic E-state index is -0.326. The summed E-state index contributed by atoms with van der Waals surface area (Å²) in [5, 5.41) is 16.5. The zero-order valence-corrected chi connectivity index (χ0v) is 15.0. The number of nitrogens with one attached hydrogen (secondary N) is 3. The van der Waals surface area contributed by atoms with E-state index in [1.165, 1.54) is 5.56 Å². The molecule has 4 rings (SSSR count). The number of aromatic nitrogens is 3. The molecule has 8 nitrogen and oxygen atoms in total. The number of nitrogens with zero attached hydrogens (tertiary/aromatic N) is 2. The van der Waals surface area contributed by atoms with Crippen LogP contribution in [0.15, 0.2) is 36.4 Å². The minimum absolute atomic E-state index is 0.203. The third-order valence-electron chi connectivity index (χ3n) is 4.42. The van der Waals surface area contributed by atoms with Crippen LogP contribution in [-0.2, 0) is 6.54 Å². The number of rotatable bonds is 5. The van der Waals surface area contributed by atoms with Gasteiger partial charge in [0.2, 0.25) is 6.79 Å². The van der Waals surface area contributed by atoms with E-state index in [2.05, 4.69) is 26.0 Å². The molecule has 27 heavy (non-hydrogen) atoms. The van der Waals surface area contributed by atoms with Gasteiger partial charge < -0.3 is 20.1 Å². The summed E-state index contributed by atoms with van der Waals surface area (Å²) >= 11 is 0. The van der Waals surface area contributed by atoms with Gasteiger partial charge in [0.1, 0.15) is 0 Å². The van der Waals surface area contributed by atoms with Crippen molar-refractivity contribution in [2.45, 2.75) is 20.4 Å². The molecule has 0 saturated heterocycles. The number of amides is 1. The van der Waals surface area contributed by atoms with Gasteiger partial charge in [-0.1, -0.05) is 12.1 Å². The molecule has 1 amide bonds. The summed E-state index contributed by atoms with van der Waals surface area (Å²) in [4.78, 5) is 12.5. The Kier molecular flexibility index (Phi) is 4.37.